The fourth-order valence-corrected chi connectivity index (χ4v) is 2.80. The van der Waals surface area contributed by atoms with E-state index in [0.29, 0.717) is 5.92 Å². The first-order valence-corrected chi connectivity index (χ1v) is 6.52. The molecule has 1 saturated carbocycles. The van der Waals surface area contributed by atoms with Crippen LogP contribution >= 0.6 is 0 Å². The maximum atomic E-state index is 9.78. The normalized spacial score (nSPS) is 23.9. The summed E-state index contributed by atoms with van der Waals surface area (Å²) in [4.78, 5) is 0. The molecule has 2 unspecified atom stereocenters. The zero-order valence-corrected chi connectivity index (χ0v) is 10.8. The number of methoxy groups -OCH3 is 1. The minimum absolute atomic E-state index is 0.0608. The van der Waals surface area contributed by atoms with Crippen molar-refractivity contribution in [3.05, 3.63) is 29.3 Å². The molecule has 0 aliphatic heterocycles. The average Bonchev–Trinajstić information content (AvgIpc) is 2.72. The second-order valence-electron chi connectivity index (χ2n) is 5.10. The number of aliphatic hydroxyl groups excluding tert-OH is 1. The highest BCUT2D eigenvalue weighted by molar-refractivity contribution is 5.36. The van der Waals surface area contributed by atoms with Gasteiger partial charge in [-0.25, -0.2) is 0 Å². The third-order valence-electron chi connectivity index (χ3n) is 3.88. The minimum Gasteiger partial charge on any atom is -0.496 e. The smallest absolute Gasteiger partial charge is 0.121 e. The molecule has 0 radical (unpaired) electrons. The summed E-state index contributed by atoms with van der Waals surface area (Å²) in [6.07, 6.45) is 5.48. The maximum Gasteiger partial charge on any atom is 0.121 e. The lowest BCUT2D eigenvalue weighted by Crippen LogP contribution is -2.13. The predicted molar refractivity (Wildman–Crippen MR) is 69.4 cm³/mol. The van der Waals surface area contributed by atoms with Gasteiger partial charge in [0, 0.05) is 0 Å². The Morgan fingerprint density at radius 3 is 2.76 bits per heavy atom. The van der Waals surface area contributed by atoms with E-state index in [0.717, 1.165) is 25.0 Å². The molecule has 2 rings (SSSR count). The van der Waals surface area contributed by atoms with E-state index in [1.807, 2.05) is 6.07 Å². The Balaban J connectivity index is 1.92. The van der Waals surface area contributed by atoms with E-state index < -0.39 is 0 Å². The van der Waals surface area contributed by atoms with E-state index >= 15 is 0 Å². The molecule has 0 spiro atoms. The van der Waals surface area contributed by atoms with E-state index in [1.165, 1.54) is 24.0 Å². The first-order valence-electron chi connectivity index (χ1n) is 6.52. The summed E-state index contributed by atoms with van der Waals surface area (Å²) in [5.74, 6) is 1.46. The van der Waals surface area contributed by atoms with Crippen LogP contribution < -0.4 is 4.74 Å². The largest absolute Gasteiger partial charge is 0.496 e. The Hall–Kier alpha value is -1.02. The molecule has 1 fully saturated rings. The Kier molecular flexibility index (Phi) is 4.06. The van der Waals surface area contributed by atoms with Crippen molar-refractivity contribution < 1.29 is 9.84 Å². The summed E-state index contributed by atoms with van der Waals surface area (Å²) in [6.45, 7) is 2.08. The molecule has 0 amide bonds. The Morgan fingerprint density at radius 1 is 1.35 bits per heavy atom. The summed E-state index contributed by atoms with van der Waals surface area (Å²) in [5.41, 5.74) is 2.54. The second-order valence-corrected chi connectivity index (χ2v) is 5.10. The Morgan fingerprint density at radius 2 is 2.18 bits per heavy atom. The van der Waals surface area contributed by atoms with E-state index in [2.05, 4.69) is 19.1 Å². The molecule has 17 heavy (non-hydrogen) atoms. The van der Waals surface area contributed by atoms with Crippen molar-refractivity contribution >= 4 is 0 Å². The van der Waals surface area contributed by atoms with Crippen LogP contribution in [-0.4, -0.2) is 18.3 Å². The third kappa shape index (κ3) is 3.01. The number of aliphatic hydroxyl groups is 1. The van der Waals surface area contributed by atoms with Gasteiger partial charge in [-0.1, -0.05) is 18.6 Å². The second kappa shape index (κ2) is 5.54. The number of hydrogen-bond acceptors (Lipinski definition) is 2. The number of benzene rings is 1. The SMILES string of the molecule is COc1ccc(CCC2CCCC2O)cc1C. The van der Waals surface area contributed by atoms with Gasteiger partial charge in [0.2, 0.25) is 0 Å². The quantitative estimate of drug-likeness (QED) is 0.867. The molecule has 2 nitrogen and oxygen atoms in total. The Labute approximate surface area is 104 Å². The summed E-state index contributed by atoms with van der Waals surface area (Å²) in [6, 6.07) is 6.36. The zero-order chi connectivity index (χ0) is 12.3. The first-order chi connectivity index (χ1) is 8.20. The van der Waals surface area contributed by atoms with Gasteiger partial charge in [0.15, 0.2) is 0 Å². The number of aryl methyl sites for hydroxylation is 2. The molecule has 0 bridgehead atoms. The van der Waals surface area contributed by atoms with Gasteiger partial charge >= 0.3 is 0 Å². The van der Waals surface area contributed by atoms with Gasteiger partial charge in [0.25, 0.3) is 0 Å². The van der Waals surface area contributed by atoms with Gasteiger partial charge in [-0.2, -0.15) is 0 Å². The predicted octanol–water partition coefficient (Wildman–Crippen LogP) is 3.10. The third-order valence-corrected chi connectivity index (χ3v) is 3.88. The van der Waals surface area contributed by atoms with Gasteiger partial charge < -0.3 is 9.84 Å². The van der Waals surface area contributed by atoms with Crippen molar-refractivity contribution in [1.82, 2.24) is 0 Å². The molecule has 2 atom stereocenters. The lowest BCUT2D eigenvalue weighted by Gasteiger charge is -2.14. The van der Waals surface area contributed by atoms with Crippen LogP contribution in [0.2, 0.25) is 0 Å². The van der Waals surface area contributed by atoms with E-state index in [4.69, 9.17) is 4.74 Å². The molecule has 1 N–H and O–H groups in total. The fourth-order valence-electron chi connectivity index (χ4n) is 2.80. The highest BCUT2D eigenvalue weighted by atomic mass is 16.5. The molecule has 1 aromatic carbocycles. The number of rotatable bonds is 4. The summed E-state index contributed by atoms with van der Waals surface area (Å²) < 4.78 is 5.25. The van der Waals surface area contributed by atoms with Crippen LogP contribution in [0.4, 0.5) is 0 Å². The van der Waals surface area contributed by atoms with Crippen LogP contribution in [0.5, 0.6) is 5.75 Å². The first kappa shape index (κ1) is 12.4. The molecule has 0 aromatic heterocycles. The molecule has 1 aliphatic carbocycles. The van der Waals surface area contributed by atoms with Crippen LogP contribution in [0.1, 0.15) is 36.8 Å². The number of hydrogen-bond donors (Lipinski definition) is 1. The van der Waals surface area contributed by atoms with Crippen LogP contribution in [0, 0.1) is 12.8 Å². The van der Waals surface area contributed by atoms with Gasteiger partial charge in [0.05, 0.1) is 13.2 Å². The van der Waals surface area contributed by atoms with E-state index in [-0.39, 0.29) is 6.10 Å². The van der Waals surface area contributed by atoms with Crippen molar-refractivity contribution in [3.63, 3.8) is 0 Å². The summed E-state index contributed by atoms with van der Waals surface area (Å²) >= 11 is 0. The molecule has 1 aromatic rings. The lowest BCUT2D eigenvalue weighted by atomic mass is 9.96. The van der Waals surface area contributed by atoms with Gasteiger partial charge in [0.1, 0.15) is 5.75 Å². The van der Waals surface area contributed by atoms with Crippen LogP contribution in [-0.2, 0) is 6.42 Å². The monoisotopic (exact) mass is 234 g/mol. The maximum absolute atomic E-state index is 9.78. The molecule has 2 heteroatoms. The van der Waals surface area contributed by atoms with Crippen molar-refractivity contribution in [2.75, 3.05) is 7.11 Å². The van der Waals surface area contributed by atoms with Crippen LogP contribution in [0.15, 0.2) is 18.2 Å². The molecule has 0 saturated heterocycles. The standard InChI is InChI=1S/C15H22O2/c1-11-10-12(7-9-15(11)17-2)6-8-13-4-3-5-14(13)16/h7,9-10,13-14,16H,3-6,8H2,1-2H3. The molecule has 0 heterocycles. The number of ether oxygens (including phenoxy) is 1. The van der Waals surface area contributed by atoms with Crippen molar-refractivity contribution in [3.8, 4) is 5.75 Å². The highest BCUT2D eigenvalue weighted by Crippen LogP contribution is 2.30. The van der Waals surface area contributed by atoms with Crippen molar-refractivity contribution in [2.24, 2.45) is 5.92 Å². The Bertz CT molecular complexity index is 373. The molecular formula is C15H22O2. The zero-order valence-electron chi connectivity index (χ0n) is 10.8. The summed E-state index contributed by atoms with van der Waals surface area (Å²) in [5, 5.41) is 9.78. The molecule has 1 aliphatic rings. The van der Waals surface area contributed by atoms with Gasteiger partial charge in [-0.05, 0) is 55.7 Å². The van der Waals surface area contributed by atoms with Gasteiger partial charge in [-0.3, -0.25) is 0 Å². The highest BCUT2D eigenvalue weighted by Gasteiger charge is 2.24. The average molecular weight is 234 g/mol. The van der Waals surface area contributed by atoms with E-state index in [1.54, 1.807) is 7.11 Å². The lowest BCUT2D eigenvalue weighted by molar-refractivity contribution is 0.128. The van der Waals surface area contributed by atoms with E-state index in [9.17, 15) is 5.11 Å². The van der Waals surface area contributed by atoms with Crippen molar-refractivity contribution in [2.45, 2.75) is 45.1 Å². The molecular weight excluding hydrogens is 212 g/mol. The summed E-state index contributed by atoms with van der Waals surface area (Å²) in [7, 11) is 1.71. The minimum atomic E-state index is -0.0608. The van der Waals surface area contributed by atoms with Gasteiger partial charge in [-0.15, -0.1) is 0 Å². The molecule has 94 valence electrons. The fraction of sp³-hybridized carbons (Fsp3) is 0.600. The van der Waals surface area contributed by atoms with Crippen LogP contribution in [0.25, 0.3) is 0 Å². The topological polar surface area (TPSA) is 29.5 Å². The van der Waals surface area contributed by atoms with Crippen LogP contribution in [0.3, 0.4) is 0 Å². The van der Waals surface area contributed by atoms with Crippen molar-refractivity contribution in [1.29, 1.82) is 0 Å².